The van der Waals surface area contributed by atoms with Gasteiger partial charge in [-0.05, 0) is 55.2 Å². The van der Waals surface area contributed by atoms with Crippen LogP contribution in [0.5, 0.6) is 0 Å². The molecule has 1 N–H and O–H groups in total. The van der Waals surface area contributed by atoms with Crippen molar-refractivity contribution in [2.75, 3.05) is 31.1 Å². The second-order valence-electron chi connectivity index (χ2n) is 6.45. The minimum atomic E-state index is 0.815. The number of hydrogen-bond donors (Lipinski definition) is 1. The lowest BCUT2D eigenvalue weighted by molar-refractivity contribution is 0.319. The van der Waals surface area contributed by atoms with E-state index < -0.39 is 0 Å². The molecule has 0 unspecified atom stereocenters. The van der Waals surface area contributed by atoms with Crippen LogP contribution >= 0.6 is 0 Å². The van der Waals surface area contributed by atoms with Crippen molar-refractivity contribution in [1.82, 2.24) is 5.32 Å². The van der Waals surface area contributed by atoms with Crippen LogP contribution in [-0.2, 0) is 0 Å². The van der Waals surface area contributed by atoms with Crippen molar-refractivity contribution >= 4 is 5.69 Å². The molecule has 1 aliphatic heterocycles. The third kappa shape index (κ3) is 3.17. The Morgan fingerprint density at radius 2 is 1.65 bits per heavy atom. The third-order valence-electron chi connectivity index (χ3n) is 5.27. The van der Waals surface area contributed by atoms with Crippen molar-refractivity contribution in [3.05, 3.63) is 29.8 Å². The molecule has 2 nitrogen and oxygen atoms in total. The largest absolute Gasteiger partial charge is 0.369 e. The lowest BCUT2D eigenvalue weighted by Crippen LogP contribution is -2.43. The molecule has 1 saturated heterocycles. The minimum Gasteiger partial charge on any atom is -0.369 e. The van der Waals surface area contributed by atoms with Crippen LogP contribution in [0, 0.1) is 5.92 Å². The summed E-state index contributed by atoms with van der Waals surface area (Å²) in [6, 6.07) is 9.45. The van der Waals surface area contributed by atoms with Crippen molar-refractivity contribution < 1.29 is 0 Å². The first-order valence-corrected chi connectivity index (χ1v) is 8.42. The van der Waals surface area contributed by atoms with Crippen LogP contribution in [-0.4, -0.2) is 26.2 Å². The molecular weight excluding hydrogens is 244 g/mol. The van der Waals surface area contributed by atoms with E-state index in [0.29, 0.717) is 0 Å². The van der Waals surface area contributed by atoms with E-state index in [4.69, 9.17) is 0 Å². The summed E-state index contributed by atoms with van der Waals surface area (Å²) in [5.41, 5.74) is 2.97. The van der Waals surface area contributed by atoms with Crippen LogP contribution in [0.1, 0.15) is 50.5 Å². The molecule has 0 radical (unpaired) electrons. The Bertz CT molecular complexity index is 398. The molecule has 110 valence electrons. The van der Waals surface area contributed by atoms with Crippen molar-refractivity contribution in [1.29, 1.82) is 0 Å². The summed E-state index contributed by atoms with van der Waals surface area (Å²) in [6.45, 7) is 6.85. The quantitative estimate of drug-likeness (QED) is 0.901. The normalized spacial score (nSPS) is 27.6. The number of hydrogen-bond acceptors (Lipinski definition) is 2. The average molecular weight is 272 g/mol. The fraction of sp³-hybridized carbons (Fsp3) is 0.667. The topological polar surface area (TPSA) is 15.3 Å². The van der Waals surface area contributed by atoms with Crippen LogP contribution < -0.4 is 10.2 Å². The molecule has 1 aliphatic carbocycles. The van der Waals surface area contributed by atoms with Gasteiger partial charge >= 0.3 is 0 Å². The molecule has 0 bridgehead atoms. The number of rotatable bonds is 3. The Labute approximate surface area is 123 Å². The second-order valence-corrected chi connectivity index (χ2v) is 6.45. The average Bonchev–Trinajstić information content (AvgIpc) is 2.56. The Kier molecular flexibility index (Phi) is 4.62. The number of anilines is 1. The summed E-state index contributed by atoms with van der Waals surface area (Å²) in [6.07, 6.45) is 7.02. The highest BCUT2D eigenvalue weighted by Crippen LogP contribution is 2.37. The van der Waals surface area contributed by atoms with Crippen LogP contribution in [0.2, 0.25) is 0 Å². The van der Waals surface area contributed by atoms with E-state index in [1.165, 1.54) is 37.8 Å². The highest BCUT2D eigenvalue weighted by molar-refractivity contribution is 5.48. The third-order valence-corrected chi connectivity index (χ3v) is 5.27. The predicted molar refractivity (Wildman–Crippen MR) is 86.5 cm³/mol. The monoisotopic (exact) mass is 272 g/mol. The van der Waals surface area contributed by atoms with Crippen LogP contribution in [0.4, 0.5) is 5.69 Å². The SMILES string of the molecule is CCC1CCC(c2ccc(N3CCNCC3)cc2)CC1. The predicted octanol–water partition coefficient (Wildman–Crippen LogP) is 3.78. The Balaban J connectivity index is 1.61. The van der Waals surface area contributed by atoms with E-state index in [1.54, 1.807) is 5.56 Å². The van der Waals surface area contributed by atoms with Gasteiger partial charge in [0, 0.05) is 31.9 Å². The molecule has 2 aliphatic rings. The van der Waals surface area contributed by atoms with E-state index in [-0.39, 0.29) is 0 Å². The van der Waals surface area contributed by atoms with Gasteiger partial charge in [-0.2, -0.15) is 0 Å². The lowest BCUT2D eigenvalue weighted by atomic mass is 9.78. The van der Waals surface area contributed by atoms with Crippen LogP contribution in [0.25, 0.3) is 0 Å². The van der Waals surface area contributed by atoms with Crippen molar-refractivity contribution in [2.24, 2.45) is 5.92 Å². The zero-order chi connectivity index (χ0) is 13.8. The van der Waals surface area contributed by atoms with Crippen LogP contribution in [0.3, 0.4) is 0 Å². The molecule has 0 amide bonds. The van der Waals surface area contributed by atoms with Gasteiger partial charge in [-0.25, -0.2) is 0 Å². The zero-order valence-corrected chi connectivity index (χ0v) is 12.8. The van der Waals surface area contributed by atoms with Crippen molar-refractivity contribution in [3.8, 4) is 0 Å². The molecule has 0 atom stereocenters. The molecule has 1 heterocycles. The van der Waals surface area contributed by atoms with Gasteiger partial charge in [0.25, 0.3) is 0 Å². The first-order valence-electron chi connectivity index (χ1n) is 8.42. The molecule has 1 aromatic carbocycles. The zero-order valence-electron chi connectivity index (χ0n) is 12.8. The van der Waals surface area contributed by atoms with Gasteiger partial charge < -0.3 is 10.2 Å². The van der Waals surface area contributed by atoms with Crippen LogP contribution in [0.15, 0.2) is 24.3 Å². The van der Waals surface area contributed by atoms with Gasteiger partial charge in [-0.3, -0.25) is 0 Å². The van der Waals surface area contributed by atoms with Gasteiger partial charge in [0.2, 0.25) is 0 Å². The maximum Gasteiger partial charge on any atom is 0.0367 e. The Morgan fingerprint density at radius 1 is 1.00 bits per heavy atom. The maximum atomic E-state index is 3.42. The molecule has 2 fully saturated rings. The summed E-state index contributed by atoms with van der Waals surface area (Å²) in [5, 5.41) is 3.42. The number of piperazine rings is 1. The fourth-order valence-electron chi connectivity index (χ4n) is 3.78. The van der Waals surface area contributed by atoms with E-state index in [2.05, 4.69) is 41.4 Å². The summed E-state index contributed by atoms with van der Waals surface area (Å²) in [4.78, 5) is 2.49. The van der Waals surface area contributed by atoms with Gasteiger partial charge in [0.15, 0.2) is 0 Å². The molecule has 20 heavy (non-hydrogen) atoms. The lowest BCUT2D eigenvalue weighted by Gasteiger charge is -2.31. The van der Waals surface area contributed by atoms with Gasteiger partial charge in [0.05, 0.1) is 0 Å². The molecule has 1 saturated carbocycles. The van der Waals surface area contributed by atoms with E-state index >= 15 is 0 Å². The summed E-state index contributed by atoms with van der Waals surface area (Å²) >= 11 is 0. The van der Waals surface area contributed by atoms with Crippen molar-refractivity contribution in [3.63, 3.8) is 0 Å². The number of nitrogens with one attached hydrogen (secondary N) is 1. The first kappa shape index (κ1) is 13.9. The molecule has 1 aromatic rings. The second kappa shape index (κ2) is 6.62. The van der Waals surface area contributed by atoms with Gasteiger partial charge in [-0.1, -0.05) is 25.5 Å². The summed E-state index contributed by atoms with van der Waals surface area (Å²) in [7, 11) is 0. The van der Waals surface area contributed by atoms with E-state index in [0.717, 1.165) is 38.0 Å². The minimum absolute atomic E-state index is 0.815. The molecule has 0 aromatic heterocycles. The molecule has 3 rings (SSSR count). The van der Waals surface area contributed by atoms with E-state index in [1.807, 2.05) is 0 Å². The fourth-order valence-corrected chi connectivity index (χ4v) is 3.78. The number of nitrogens with zero attached hydrogens (tertiary/aromatic N) is 1. The Morgan fingerprint density at radius 3 is 2.25 bits per heavy atom. The number of benzene rings is 1. The highest BCUT2D eigenvalue weighted by Gasteiger charge is 2.21. The van der Waals surface area contributed by atoms with Gasteiger partial charge in [-0.15, -0.1) is 0 Å². The smallest absolute Gasteiger partial charge is 0.0367 e. The highest BCUT2D eigenvalue weighted by atomic mass is 15.2. The van der Waals surface area contributed by atoms with Gasteiger partial charge in [0.1, 0.15) is 0 Å². The van der Waals surface area contributed by atoms with E-state index in [9.17, 15) is 0 Å². The summed E-state index contributed by atoms with van der Waals surface area (Å²) < 4.78 is 0. The first-order chi connectivity index (χ1) is 9.86. The Hall–Kier alpha value is -1.02. The van der Waals surface area contributed by atoms with Crippen molar-refractivity contribution in [2.45, 2.75) is 44.9 Å². The maximum absolute atomic E-state index is 3.42. The standard InChI is InChI=1S/C18H28N2/c1-2-15-3-5-16(6-4-15)17-7-9-18(10-8-17)20-13-11-19-12-14-20/h7-10,15-16,19H,2-6,11-14H2,1H3. The summed E-state index contributed by atoms with van der Waals surface area (Å²) in [5.74, 6) is 1.81. The molecule has 2 heteroatoms. The molecular formula is C18H28N2. The molecule has 0 spiro atoms.